The summed E-state index contributed by atoms with van der Waals surface area (Å²) >= 11 is 0. The van der Waals surface area contributed by atoms with E-state index >= 15 is 0 Å². The zero-order valence-electron chi connectivity index (χ0n) is 13.0. The average molecular weight is 290 g/mol. The minimum atomic E-state index is -0.0420. The second-order valence-electron chi connectivity index (χ2n) is 5.25. The molecule has 0 saturated carbocycles. The van der Waals surface area contributed by atoms with Crippen molar-refractivity contribution in [2.24, 2.45) is 5.73 Å². The number of rotatable bonds is 9. The third-order valence-electron chi connectivity index (χ3n) is 3.23. The molecule has 2 N–H and O–H groups in total. The summed E-state index contributed by atoms with van der Waals surface area (Å²) in [7, 11) is 1.81. The lowest BCUT2D eigenvalue weighted by atomic mass is 10.1. The van der Waals surface area contributed by atoms with Crippen LogP contribution in [0.5, 0.6) is 5.75 Å². The number of hydrogen-bond acceptors (Lipinski definition) is 3. The first-order chi connectivity index (χ1) is 10.1. The van der Waals surface area contributed by atoms with Crippen LogP contribution >= 0.6 is 0 Å². The molecule has 116 valence electrons. The molecule has 1 aromatic carbocycles. The molecule has 0 radical (unpaired) electrons. The molecule has 4 nitrogen and oxygen atoms in total. The fourth-order valence-electron chi connectivity index (χ4n) is 2.06. The largest absolute Gasteiger partial charge is 0.490 e. The van der Waals surface area contributed by atoms with Gasteiger partial charge in [0.1, 0.15) is 12.4 Å². The molecule has 0 bridgehead atoms. The predicted octanol–water partition coefficient (Wildman–Crippen LogP) is 2.73. The molecule has 0 fully saturated rings. The van der Waals surface area contributed by atoms with E-state index in [9.17, 15) is 4.79 Å². The first-order valence-corrected chi connectivity index (χ1v) is 7.39. The highest BCUT2D eigenvalue weighted by molar-refractivity contribution is 5.76. The Morgan fingerprint density at radius 2 is 2.10 bits per heavy atom. The number of nitrogens with zero attached hydrogens (tertiary/aromatic N) is 1. The fourth-order valence-corrected chi connectivity index (χ4v) is 2.06. The van der Waals surface area contributed by atoms with Crippen LogP contribution in [0.2, 0.25) is 0 Å². The lowest BCUT2D eigenvalue weighted by Gasteiger charge is -2.19. The highest BCUT2D eigenvalue weighted by Crippen LogP contribution is 2.14. The molecule has 1 rings (SSSR count). The lowest BCUT2D eigenvalue weighted by Crippen LogP contribution is -2.32. The van der Waals surface area contributed by atoms with Gasteiger partial charge in [-0.1, -0.05) is 38.1 Å². The number of carbonyl (C=O) groups excluding carboxylic acids is 1. The Labute approximate surface area is 127 Å². The Morgan fingerprint density at radius 1 is 1.43 bits per heavy atom. The van der Waals surface area contributed by atoms with Crippen molar-refractivity contribution in [3.8, 4) is 5.75 Å². The van der Waals surface area contributed by atoms with E-state index in [0.29, 0.717) is 19.6 Å². The van der Waals surface area contributed by atoms with Gasteiger partial charge in [0, 0.05) is 26.1 Å². The fraction of sp³-hybridized carbons (Fsp3) is 0.471. The molecule has 1 unspecified atom stereocenters. The van der Waals surface area contributed by atoms with Crippen LogP contribution in [0.15, 0.2) is 36.9 Å². The van der Waals surface area contributed by atoms with E-state index in [0.717, 1.165) is 24.2 Å². The smallest absolute Gasteiger partial charge is 0.224 e. The van der Waals surface area contributed by atoms with Crippen LogP contribution in [0.25, 0.3) is 0 Å². The van der Waals surface area contributed by atoms with E-state index in [-0.39, 0.29) is 11.9 Å². The second kappa shape index (κ2) is 9.19. The second-order valence-corrected chi connectivity index (χ2v) is 5.25. The Kier molecular flexibility index (Phi) is 7.54. The molecule has 1 aromatic rings. The van der Waals surface area contributed by atoms with E-state index in [1.54, 1.807) is 11.0 Å². The maximum atomic E-state index is 12.1. The van der Waals surface area contributed by atoms with Crippen LogP contribution in [0, 0.1) is 0 Å². The highest BCUT2D eigenvalue weighted by atomic mass is 16.5. The van der Waals surface area contributed by atoms with Gasteiger partial charge in [-0.25, -0.2) is 0 Å². The summed E-state index contributed by atoms with van der Waals surface area (Å²) in [5, 5.41) is 0. The van der Waals surface area contributed by atoms with Crippen LogP contribution < -0.4 is 10.5 Å². The summed E-state index contributed by atoms with van der Waals surface area (Å²) in [4.78, 5) is 13.8. The molecule has 4 heteroatoms. The lowest BCUT2D eigenvalue weighted by molar-refractivity contribution is -0.130. The zero-order chi connectivity index (χ0) is 15.7. The number of nitrogens with two attached hydrogens (primary N) is 1. The number of carbonyl (C=O) groups is 1. The van der Waals surface area contributed by atoms with Crippen LogP contribution in [0.4, 0.5) is 0 Å². The van der Waals surface area contributed by atoms with Gasteiger partial charge in [-0.05, 0) is 24.1 Å². The molecule has 0 saturated heterocycles. The van der Waals surface area contributed by atoms with Crippen molar-refractivity contribution < 1.29 is 9.53 Å². The van der Waals surface area contributed by atoms with Gasteiger partial charge < -0.3 is 15.4 Å². The Bertz CT molecular complexity index is 443. The van der Waals surface area contributed by atoms with Gasteiger partial charge in [0.25, 0.3) is 0 Å². The monoisotopic (exact) mass is 290 g/mol. The van der Waals surface area contributed by atoms with E-state index in [2.05, 4.69) is 13.5 Å². The van der Waals surface area contributed by atoms with Crippen molar-refractivity contribution >= 4 is 5.91 Å². The predicted molar refractivity (Wildman–Crippen MR) is 86.1 cm³/mol. The summed E-state index contributed by atoms with van der Waals surface area (Å²) < 4.78 is 5.43. The third-order valence-corrected chi connectivity index (χ3v) is 3.23. The molecule has 0 aliphatic rings. The van der Waals surface area contributed by atoms with E-state index in [4.69, 9.17) is 10.5 Å². The Hall–Kier alpha value is -1.81. The van der Waals surface area contributed by atoms with Crippen molar-refractivity contribution in [2.45, 2.75) is 38.8 Å². The van der Waals surface area contributed by atoms with Crippen LogP contribution in [-0.4, -0.2) is 30.5 Å². The SMILES string of the molecule is C=CCOc1ccc(CN(C)C(=O)CC(N)CCC)cc1. The van der Waals surface area contributed by atoms with E-state index < -0.39 is 0 Å². The van der Waals surface area contributed by atoms with Crippen LogP contribution in [0.3, 0.4) is 0 Å². The van der Waals surface area contributed by atoms with Gasteiger partial charge >= 0.3 is 0 Å². The van der Waals surface area contributed by atoms with Crippen molar-refractivity contribution in [1.29, 1.82) is 0 Å². The summed E-state index contributed by atoms with van der Waals surface area (Å²) in [6, 6.07) is 7.70. The third kappa shape index (κ3) is 6.45. The molecule has 0 aliphatic heterocycles. The Morgan fingerprint density at radius 3 is 2.67 bits per heavy atom. The van der Waals surface area contributed by atoms with Gasteiger partial charge in [-0.2, -0.15) is 0 Å². The first kappa shape index (κ1) is 17.2. The number of hydrogen-bond donors (Lipinski definition) is 1. The number of ether oxygens (including phenoxy) is 1. The quantitative estimate of drug-likeness (QED) is 0.711. The van der Waals surface area contributed by atoms with Gasteiger partial charge in [0.15, 0.2) is 0 Å². The maximum absolute atomic E-state index is 12.1. The normalized spacial score (nSPS) is 11.8. The molecule has 0 aromatic heterocycles. The molecular weight excluding hydrogens is 264 g/mol. The maximum Gasteiger partial charge on any atom is 0.224 e. The highest BCUT2D eigenvalue weighted by Gasteiger charge is 2.13. The van der Waals surface area contributed by atoms with Crippen LogP contribution in [0.1, 0.15) is 31.7 Å². The van der Waals surface area contributed by atoms with Gasteiger partial charge in [-0.15, -0.1) is 0 Å². The van der Waals surface area contributed by atoms with Gasteiger partial charge in [0.05, 0.1) is 0 Å². The summed E-state index contributed by atoms with van der Waals surface area (Å²) in [6.45, 7) is 6.76. The minimum absolute atomic E-state index is 0.0420. The molecule has 0 spiro atoms. The van der Waals surface area contributed by atoms with Crippen molar-refractivity contribution in [1.82, 2.24) is 4.90 Å². The van der Waals surface area contributed by atoms with E-state index in [1.807, 2.05) is 31.3 Å². The molecular formula is C17H26N2O2. The molecule has 1 atom stereocenters. The topological polar surface area (TPSA) is 55.6 Å². The molecule has 1 amide bonds. The van der Waals surface area contributed by atoms with Gasteiger partial charge in [0.2, 0.25) is 5.91 Å². The number of benzene rings is 1. The average Bonchev–Trinajstić information content (AvgIpc) is 2.46. The van der Waals surface area contributed by atoms with Crippen molar-refractivity contribution in [2.75, 3.05) is 13.7 Å². The molecule has 0 aliphatic carbocycles. The summed E-state index contributed by atoms with van der Waals surface area (Å²) in [5.41, 5.74) is 6.98. The Balaban J connectivity index is 2.48. The van der Waals surface area contributed by atoms with Gasteiger partial charge in [-0.3, -0.25) is 4.79 Å². The first-order valence-electron chi connectivity index (χ1n) is 7.39. The minimum Gasteiger partial charge on any atom is -0.490 e. The standard InChI is InChI=1S/C17H26N2O2/c1-4-6-15(18)12-17(20)19(3)13-14-7-9-16(10-8-14)21-11-5-2/h5,7-10,15H,2,4,6,11-13,18H2,1,3H3. The summed E-state index contributed by atoms with van der Waals surface area (Å²) in [6.07, 6.45) is 4.00. The number of amides is 1. The molecule has 21 heavy (non-hydrogen) atoms. The summed E-state index contributed by atoms with van der Waals surface area (Å²) in [5.74, 6) is 0.889. The van der Waals surface area contributed by atoms with Crippen molar-refractivity contribution in [3.05, 3.63) is 42.5 Å². The molecule has 0 heterocycles. The zero-order valence-corrected chi connectivity index (χ0v) is 13.0. The van der Waals surface area contributed by atoms with Crippen molar-refractivity contribution in [3.63, 3.8) is 0 Å². The van der Waals surface area contributed by atoms with E-state index in [1.165, 1.54) is 0 Å². The van der Waals surface area contributed by atoms with Crippen LogP contribution in [-0.2, 0) is 11.3 Å².